The molecule has 2 amide bonds. The van der Waals surface area contributed by atoms with Gasteiger partial charge in [0.25, 0.3) is 0 Å². The van der Waals surface area contributed by atoms with Crippen LogP contribution in [0.1, 0.15) is 44.9 Å². The Bertz CT molecular complexity index is 378. The quantitative estimate of drug-likeness (QED) is 0.786. The van der Waals surface area contributed by atoms with Crippen molar-refractivity contribution in [3.05, 3.63) is 0 Å². The molecule has 0 spiro atoms. The monoisotopic (exact) mass is 295 g/mol. The second-order valence-electron chi connectivity index (χ2n) is 6.66. The molecule has 0 aromatic heterocycles. The lowest BCUT2D eigenvalue weighted by atomic mass is 9.94. The summed E-state index contributed by atoms with van der Waals surface area (Å²) < 4.78 is 0. The first-order chi connectivity index (χ1) is 10.0. The summed E-state index contributed by atoms with van der Waals surface area (Å²) in [7, 11) is 5.50. The highest BCUT2D eigenvalue weighted by Gasteiger charge is 2.34. The van der Waals surface area contributed by atoms with Gasteiger partial charge >= 0.3 is 0 Å². The molecule has 0 bridgehead atoms. The third kappa shape index (κ3) is 3.96. The van der Waals surface area contributed by atoms with Gasteiger partial charge in [-0.1, -0.05) is 19.3 Å². The van der Waals surface area contributed by atoms with Gasteiger partial charge in [-0.25, -0.2) is 0 Å². The van der Waals surface area contributed by atoms with E-state index in [1.807, 2.05) is 11.9 Å². The fourth-order valence-corrected chi connectivity index (χ4v) is 3.55. The predicted molar refractivity (Wildman–Crippen MR) is 82.9 cm³/mol. The molecule has 0 radical (unpaired) electrons. The van der Waals surface area contributed by atoms with Crippen LogP contribution in [0.2, 0.25) is 0 Å². The SMILES string of the molecule is CN(C)C(=O)C1CCCN1CC(=O)N(C)C1CCCCC1. The average molecular weight is 295 g/mol. The van der Waals surface area contributed by atoms with Crippen LogP contribution in [-0.4, -0.2) is 72.8 Å². The van der Waals surface area contributed by atoms with E-state index in [4.69, 9.17) is 0 Å². The normalized spacial score (nSPS) is 24.0. The molecule has 1 saturated heterocycles. The molecule has 1 heterocycles. The van der Waals surface area contributed by atoms with E-state index in [1.54, 1.807) is 19.0 Å². The summed E-state index contributed by atoms with van der Waals surface area (Å²) in [6.07, 6.45) is 7.89. The number of nitrogens with zero attached hydrogens (tertiary/aromatic N) is 3. The van der Waals surface area contributed by atoms with Crippen LogP contribution in [0.15, 0.2) is 0 Å². The highest BCUT2D eigenvalue weighted by Crippen LogP contribution is 2.23. The van der Waals surface area contributed by atoms with Gasteiger partial charge in [-0.2, -0.15) is 0 Å². The van der Waals surface area contributed by atoms with Crippen molar-refractivity contribution in [2.24, 2.45) is 0 Å². The Labute approximate surface area is 128 Å². The lowest BCUT2D eigenvalue weighted by Gasteiger charge is -2.33. The molecule has 2 fully saturated rings. The molecule has 5 nitrogen and oxygen atoms in total. The highest BCUT2D eigenvalue weighted by molar-refractivity contribution is 5.83. The van der Waals surface area contributed by atoms with Crippen LogP contribution in [0.4, 0.5) is 0 Å². The number of hydrogen-bond acceptors (Lipinski definition) is 3. The van der Waals surface area contributed by atoms with Crippen LogP contribution in [0.5, 0.6) is 0 Å². The Morgan fingerprint density at radius 3 is 2.29 bits per heavy atom. The molecule has 2 rings (SSSR count). The zero-order chi connectivity index (χ0) is 15.4. The molecule has 2 aliphatic rings. The fraction of sp³-hybridized carbons (Fsp3) is 0.875. The first kappa shape index (κ1) is 16.3. The van der Waals surface area contributed by atoms with Crippen molar-refractivity contribution in [2.75, 3.05) is 34.2 Å². The van der Waals surface area contributed by atoms with E-state index in [-0.39, 0.29) is 17.9 Å². The number of likely N-dealkylation sites (tertiary alicyclic amines) is 1. The second-order valence-corrected chi connectivity index (χ2v) is 6.66. The van der Waals surface area contributed by atoms with E-state index < -0.39 is 0 Å². The molecule has 120 valence electrons. The number of amides is 2. The number of carbonyl (C=O) groups excluding carboxylic acids is 2. The van der Waals surface area contributed by atoms with Crippen LogP contribution >= 0.6 is 0 Å². The van der Waals surface area contributed by atoms with Gasteiger partial charge in [-0.15, -0.1) is 0 Å². The van der Waals surface area contributed by atoms with E-state index in [0.717, 1.165) is 32.2 Å². The third-order valence-electron chi connectivity index (χ3n) is 4.94. The van der Waals surface area contributed by atoms with E-state index in [0.29, 0.717) is 12.6 Å². The van der Waals surface area contributed by atoms with Crippen molar-refractivity contribution < 1.29 is 9.59 Å². The lowest BCUT2D eigenvalue weighted by molar-refractivity contribution is -0.137. The summed E-state index contributed by atoms with van der Waals surface area (Å²) in [6, 6.07) is 0.292. The standard InChI is InChI=1S/C16H29N3O2/c1-17(2)16(21)14-10-7-11-19(14)12-15(20)18(3)13-8-5-4-6-9-13/h13-14H,4-12H2,1-3H3. The van der Waals surface area contributed by atoms with Crippen molar-refractivity contribution in [3.8, 4) is 0 Å². The summed E-state index contributed by atoms with van der Waals surface area (Å²) in [6.45, 7) is 1.24. The lowest BCUT2D eigenvalue weighted by Crippen LogP contribution is -2.48. The highest BCUT2D eigenvalue weighted by atomic mass is 16.2. The minimum atomic E-state index is -0.108. The average Bonchev–Trinajstić information content (AvgIpc) is 2.94. The smallest absolute Gasteiger partial charge is 0.239 e. The van der Waals surface area contributed by atoms with Crippen LogP contribution in [-0.2, 0) is 9.59 Å². The summed E-state index contributed by atoms with van der Waals surface area (Å²) in [5.41, 5.74) is 0. The topological polar surface area (TPSA) is 43.9 Å². The molecule has 1 saturated carbocycles. The van der Waals surface area contributed by atoms with Crippen molar-refractivity contribution in [2.45, 2.75) is 57.0 Å². The first-order valence-electron chi connectivity index (χ1n) is 8.21. The maximum atomic E-state index is 12.5. The molecule has 1 atom stereocenters. The molecule has 0 aromatic rings. The Hall–Kier alpha value is -1.10. The molecule has 0 aromatic carbocycles. The van der Waals surface area contributed by atoms with Crippen molar-refractivity contribution in [1.29, 1.82) is 0 Å². The summed E-state index contributed by atoms with van der Waals surface area (Å²) in [4.78, 5) is 30.3. The first-order valence-corrected chi connectivity index (χ1v) is 8.21. The van der Waals surface area contributed by atoms with Gasteiger partial charge in [0.15, 0.2) is 0 Å². The zero-order valence-electron chi connectivity index (χ0n) is 13.7. The molecular weight excluding hydrogens is 266 g/mol. The van der Waals surface area contributed by atoms with Gasteiger partial charge in [0.1, 0.15) is 0 Å². The maximum absolute atomic E-state index is 12.5. The van der Waals surface area contributed by atoms with Gasteiger partial charge in [0, 0.05) is 27.2 Å². The van der Waals surface area contributed by atoms with E-state index in [9.17, 15) is 9.59 Å². The minimum absolute atomic E-state index is 0.108. The summed E-state index contributed by atoms with van der Waals surface area (Å²) in [5.74, 6) is 0.293. The number of likely N-dealkylation sites (N-methyl/N-ethyl adjacent to an activating group) is 2. The molecule has 1 aliphatic carbocycles. The van der Waals surface area contributed by atoms with Gasteiger partial charge < -0.3 is 9.80 Å². The van der Waals surface area contributed by atoms with Crippen LogP contribution in [0.25, 0.3) is 0 Å². The van der Waals surface area contributed by atoms with E-state index in [2.05, 4.69) is 4.90 Å². The summed E-state index contributed by atoms with van der Waals surface area (Å²) in [5, 5.41) is 0. The second kappa shape index (κ2) is 7.25. The summed E-state index contributed by atoms with van der Waals surface area (Å²) >= 11 is 0. The van der Waals surface area contributed by atoms with Gasteiger partial charge in [-0.05, 0) is 32.2 Å². The predicted octanol–water partition coefficient (Wildman–Crippen LogP) is 1.33. The molecular formula is C16H29N3O2. The molecule has 1 aliphatic heterocycles. The van der Waals surface area contributed by atoms with Crippen LogP contribution < -0.4 is 0 Å². The largest absolute Gasteiger partial charge is 0.347 e. The molecule has 1 unspecified atom stereocenters. The Morgan fingerprint density at radius 2 is 1.67 bits per heavy atom. The molecule has 5 heteroatoms. The van der Waals surface area contributed by atoms with Gasteiger partial charge in [-0.3, -0.25) is 14.5 Å². The van der Waals surface area contributed by atoms with Crippen LogP contribution in [0, 0.1) is 0 Å². The van der Waals surface area contributed by atoms with Crippen molar-refractivity contribution in [3.63, 3.8) is 0 Å². The van der Waals surface area contributed by atoms with Gasteiger partial charge in [0.05, 0.1) is 12.6 Å². The Morgan fingerprint density at radius 1 is 1.00 bits per heavy atom. The number of hydrogen-bond donors (Lipinski definition) is 0. The fourth-order valence-electron chi connectivity index (χ4n) is 3.55. The molecule has 0 N–H and O–H groups in total. The van der Waals surface area contributed by atoms with Crippen molar-refractivity contribution in [1.82, 2.24) is 14.7 Å². The zero-order valence-corrected chi connectivity index (χ0v) is 13.7. The van der Waals surface area contributed by atoms with E-state index >= 15 is 0 Å². The minimum Gasteiger partial charge on any atom is -0.347 e. The number of rotatable bonds is 4. The maximum Gasteiger partial charge on any atom is 0.239 e. The Kier molecular flexibility index (Phi) is 5.62. The number of carbonyl (C=O) groups is 2. The Balaban J connectivity index is 1.90. The van der Waals surface area contributed by atoms with Crippen molar-refractivity contribution >= 4 is 11.8 Å². The molecule has 21 heavy (non-hydrogen) atoms. The third-order valence-corrected chi connectivity index (χ3v) is 4.94. The van der Waals surface area contributed by atoms with Gasteiger partial charge in [0.2, 0.25) is 11.8 Å². The van der Waals surface area contributed by atoms with Crippen LogP contribution in [0.3, 0.4) is 0 Å². The van der Waals surface area contributed by atoms with E-state index in [1.165, 1.54) is 19.3 Å².